The zero-order valence-electron chi connectivity index (χ0n) is 7.84. The van der Waals surface area contributed by atoms with E-state index in [1.165, 1.54) is 6.33 Å². The highest BCUT2D eigenvalue weighted by Gasteiger charge is 2.01. The van der Waals surface area contributed by atoms with E-state index in [2.05, 4.69) is 15.1 Å². The quantitative estimate of drug-likeness (QED) is 0.310. The van der Waals surface area contributed by atoms with Crippen LogP contribution in [0.25, 0.3) is 0 Å². The Morgan fingerprint density at radius 3 is 3.07 bits per heavy atom. The normalized spacial score (nSPS) is 11.4. The predicted molar refractivity (Wildman–Crippen MR) is 50.3 cm³/mol. The average Bonchev–Trinajstić information content (AvgIpc) is 2.19. The van der Waals surface area contributed by atoms with Gasteiger partial charge in [0.2, 0.25) is 5.88 Å². The minimum absolute atomic E-state index is 0.103. The molecule has 6 nitrogen and oxygen atoms in total. The second-order valence-electron chi connectivity index (χ2n) is 2.55. The number of amidine groups is 1. The number of hydrogen-bond acceptors (Lipinski definition) is 5. The summed E-state index contributed by atoms with van der Waals surface area (Å²) in [6.07, 6.45) is 1.66. The summed E-state index contributed by atoms with van der Waals surface area (Å²) in [4.78, 5) is 7.83. The van der Waals surface area contributed by atoms with E-state index in [0.29, 0.717) is 18.2 Å². The number of aromatic nitrogens is 2. The van der Waals surface area contributed by atoms with Gasteiger partial charge in [-0.15, -0.1) is 0 Å². The van der Waals surface area contributed by atoms with Crippen LogP contribution in [0.1, 0.15) is 12.6 Å². The highest BCUT2D eigenvalue weighted by Crippen LogP contribution is 2.06. The molecule has 0 aliphatic heterocycles. The SMILES string of the molecule is CCOc1cc(C/C(N)=N/O)ncn1. The standard InChI is InChI=1S/C8H12N4O2/c1-2-14-8-4-6(10-5-11-8)3-7(9)12-13/h4-5,13H,2-3H2,1H3,(H2,9,12). The monoisotopic (exact) mass is 196 g/mol. The summed E-state index contributed by atoms with van der Waals surface area (Å²) in [7, 11) is 0. The molecule has 1 aromatic rings. The van der Waals surface area contributed by atoms with Crippen LogP contribution in [-0.4, -0.2) is 27.6 Å². The van der Waals surface area contributed by atoms with Crippen molar-refractivity contribution in [2.24, 2.45) is 10.9 Å². The summed E-state index contributed by atoms with van der Waals surface area (Å²) in [5, 5.41) is 11.2. The fraction of sp³-hybridized carbons (Fsp3) is 0.375. The van der Waals surface area contributed by atoms with Crippen LogP contribution >= 0.6 is 0 Å². The largest absolute Gasteiger partial charge is 0.478 e. The van der Waals surface area contributed by atoms with E-state index in [1.54, 1.807) is 6.07 Å². The lowest BCUT2D eigenvalue weighted by Gasteiger charge is -2.02. The van der Waals surface area contributed by atoms with Crippen LogP contribution in [0.15, 0.2) is 17.5 Å². The Hall–Kier alpha value is -1.85. The maximum Gasteiger partial charge on any atom is 0.216 e. The van der Waals surface area contributed by atoms with Gasteiger partial charge in [-0.2, -0.15) is 0 Å². The van der Waals surface area contributed by atoms with Gasteiger partial charge in [-0.05, 0) is 6.92 Å². The fourth-order valence-electron chi connectivity index (χ4n) is 0.921. The van der Waals surface area contributed by atoms with Crippen LogP contribution in [0.4, 0.5) is 0 Å². The lowest BCUT2D eigenvalue weighted by Crippen LogP contribution is -2.15. The first-order valence-corrected chi connectivity index (χ1v) is 4.16. The lowest BCUT2D eigenvalue weighted by molar-refractivity contribution is 0.317. The molecule has 0 saturated carbocycles. The molecule has 0 spiro atoms. The highest BCUT2D eigenvalue weighted by molar-refractivity contribution is 5.81. The Balaban J connectivity index is 2.73. The Morgan fingerprint density at radius 2 is 2.43 bits per heavy atom. The van der Waals surface area contributed by atoms with E-state index in [0.717, 1.165) is 0 Å². The highest BCUT2D eigenvalue weighted by atomic mass is 16.5. The molecule has 1 aromatic heterocycles. The van der Waals surface area contributed by atoms with Crippen molar-refractivity contribution >= 4 is 5.84 Å². The molecule has 1 rings (SSSR count). The molecule has 0 amide bonds. The molecule has 0 radical (unpaired) electrons. The smallest absolute Gasteiger partial charge is 0.216 e. The van der Waals surface area contributed by atoms with E-state index in [-0.39, 0.29) is 12.3 Å². The molecule has 0 unspecified atom stereocenters. The van der Waals surface area contributed by atoms with Gasteiger partial charge in [0.15, 0.2) is 0 Å². The maximum absolute atomic E-state index is 8.36. The third-order valence-corrected chi connectivity index (χ3v) is 1.48. The van der Waals surface area contributed by atoms with Crippen molar-refractivity contribution in [2.75, 3.05) is 6.61 Å². The molecule has 0 bridgehead atoms. The zero-order chi connectivity index (χ0) is 10.4. The van der Waals surface area contributed by atoms with Crippen LogP contribution in [0.5, 0.6) is 5.88 Å². The fourth-order valence-corrected chi connectivity index (χ4v) is 0.921. The Labute approximate surface area is 81.4 Å². The second kappa shape index (κ2) is 5.00. The van der Waals surface area contributed by atoms with E-state index in [9.17, 15) is 0 Å². The molecule has 0 saturated heterocycles. The van der Waals surface area contributed by atoms with Crippen molar-refractivity contribution in [3.63, 3.8) is 0 Å². The molecular formula is C8H12N4O2. The molecule has 3 N–H and O–H groups in total. The zero-order valence-corrected chi connectivity index (χ0v) is 7.84. The van der Waals surface area contributed by atoms with Gasteiger partial charge in [-0.3, -0.25) is 0 Å². The van der Waals surface area contributed by atoms with Crippen molar-refractivity contribution < 1.29 is 9.94 Å². The van der Waals surface area contributed by atoms with Crippen molar-refractivity contribution in [3.05, 3.63) is 18.1 Å². The summed E-state index contributed by atoms with van der Waals surface area (Å²) in [6, 6.07) is 1.65. The van der Waals surface area contributed by atoms with Crippen LogP contribution < -0.4 is 10.5 Å². The van der Waals surface area contributed by atoms with E-state index >= 15 is 0 Å². The summed E-state index contributed by atoms with van der Waals surface area (Å²) in [5.74, 6) is 0.592. The maximum atomic E-state index is 8.36. The predicted octanol–water partition coefficient (Wildman–Crippen LogP) is 0.164. The Bertz CT molecular complexity index is 327. The summed E-state index contributed by atoms with van der Waals surface area (Å²) in [5.41, 5.74) is 5.98. The van der Waals surface area contributed by atoms with Crippen molar-refractivity contribution in [3.8, 4) is 5.88 Å². The first-order valence-electron chi connectivity index (χ1n) is 4.16. The molecule has 0 fully saturated rings. The number of oxime groups is 1. The van der Waals surface area contributed by atoms with E-state index < -0.39 is 0 Å². The Morgan fingerprint density at radius 1 is 1.64 bits per heavy atom. The number of nitrogens with two attached hydrogens (primary N) is 1. The first kappa shape index (κ1) is 10.2. The van der Waals surface area contributed by atoms with Crippen LogP contribution in [0, 0.1) is 0 Å². The van der Waals surface area contributed by atoms with Crippen molar-refractivity contribution in [2.45, 2.75) is 13.3 Å². The van der Waals surface area contributed by atoms with Crippen molar-refractivity contribution in [1.82, 2.24) is 9.97 Å². The summed E-state index contributed by atoms with van der Waals surface area (Å²) < 4.78 is 5.17. The number of nitrogens with zero attached hydrogens (tertiary/aromatic N) is 3. The van der Waals surface area contributed by atoms with Gasteiger partial charge in [-0.25, -0.2) is 9.97 Å². The second-order valence-corrected chi connectivity index (χ2v) is 2.55. The van der Waals surface area contributed by atoms with Crippen LogP contribution in [0.2, 0.25) is 0 Å². The van der Waals surface area contributed by atoms with Crippen LogP contribution in [0.3, 0.4) is 0 Å². The van der Waals surface area contributed by atoms with E-state index in [1.807, 2.05) is 6.92 Å². The molecule has 14 heavy (non-hydrogen) atoms. The van der Waals surface area contributed by atoms with Gasteiger partial charge in [0.05, 0.1) is 18.7 Å². The third-order valence-electron chi connectivity index (χ3n) is 1.48. The molecule has 0 aliphatic carbocycles. The van der Waals surface area contributed by atoms with Gasteiger partial charge in [0.1, 0.15) is 12.2 Å². The van der Waals surface area contributed by atoms with Gasteiger partial charge in [-0.1, -0.05) is 5.16 Å². The number of rotatable bonds is 4. The minimum atomic E-state index is 0.103. The minimum Gasteiger partial charge on any atom is -0.478 e. The topological polar surface area (TPSA) is 93.6 Å². The Kier molecular flexibility index (Phi) is 3.66. The summed E-state index contributed by atoms with van der Waals surface area (Å²) in [6.45, 7) is 2.41. The molecular weight excluding hydrogens is 184 g/mol. The molecule has 0 aromatic carbocycles. The van der Waals surface area contributed by atoms with Gasteiger partial charge in [0, 0.05) is 6.07 Å². The molecule has 1 heterocycles. The van der Waals surface area contributed by atoms with Gasteiger partial charge < -0.3 is 15.7 Å². The van der Waals surface area contributed by atoms with E-state index in [4.69, 9.17) is 15.7 Å². The van der Waals surface area contributed by atoms with Crippen LogP contribution in [-0.2, 0) is 6.42 Å². The first-order chi connectivity index (χ1) is 6.76. The molecule has 76 valence electrons. The average molecular weight is 196 g/mol. The third kappa shape index (κ3) is 2.89. The van der Waals surface area contributed by atoms with Gasteiger partial charge in [0.25, 0.3) is 0 Å². The van der Waals surface area contributed by atoms with Gasteiger partial charge >= 0.3 is 0 Å². The molecule has 0 aliphatic rings. The van der Waals surface area contributed by atoms with Crippen molar-refractivity contribution in [1.29, 1.82) is 0 Å². The molecule has 0 atom stereocenters. The number of ether oxygens (including phenoxy) is 1. The molecule has 6 heteroatoms. The summed E-state index contributed by atoms with van der Waals surface area (Å²) >= 11 is 0. The lowest BCUT2D eigenvalue weighted by atomic mass is 10.3. The number of hydrogen-bond donors (Lipinski definition) is 2.